The van der Waals surface area contributed by atoms with Crippen molar-refractivity contribution in [2.24, 2.45) is 5.73 Å². The predicted molar refractivity (Wildman–Crippen MR) is 87.7 cm³/mol. The number of nitrogens with two attached hydrogens (primary N) is 1. The molecular formula is C14H23ClN2O3S. The SMILES string of the molecule is Cl.NCCOc1cccc(NS(=O)(=O)C2CCCCC2)c1. The van der Waals surface area contributed by atoms with E-state index in [1.165, 1.54) is 0 Å². The highest BCUT2D eigenvalue weighted by molar-refractivity contribution is 7.93. The van der Waals surface area contributed by atoms with Crippen LogP contribution in [0.25, 0.3) is 0 Å². The molecular weight excluding hydrogens is 312 g/mol. The first-order valence-corrected chi connectivity index (χ1v) is 8.61. The number of sulfonamides is 1. The number of benzene rings is 1. The first-order valence-electron chi connectivity index (χ1n) is 7.06. The Labute approximate surface area is 132 Å². The topological polar surface area (TPSA) is 81.4 Å². The Morgan fingerprint density at radius 2 is 1.95 bits per heavy atom. The Kier molecular flexibility index (Phi) is 7.28. The Balaban J connectivity index is 0.00000220. The number of nitrogens with one attached hydrogen (secondary N) is 1. The average molecular weight is 335 g/mol. The summed E-state index contributed by atoms with van der Waals surface area (Å²) in [5, 5.41) is -0.273. The van der Waals surface area contributed by atoms with Crippen molar-refractivity contribution in [2.45, 2.75) is 37.4 Å². The second-order valence-electron chi connectivity index (χ2n) is 5.07. The minimum Gasteiger partial charge on any atom is -0.492 e. The van der Waals surface area contributed by atoms with Gasteiger partial charge in [-0.25, -0.2) is 8.42 Å². The van der Waals surface area contributed by atoms with Crippen LogP contribution in [0, 0.1) is 0 Å². The van der Waals surface area contributed by atoms with Gasteiger partial charge in [0, 0.05) is 12.6 Å². The largest absolute Gasteiger partial charge is 0.492 e. The van der Waals surface area contributed by atoms with Crippen molar-refractivity contribution >= 4 is 28.1 Å². The van der Waals surface area contributed by atoms with E-state index >= 15 is 0 Å². The van der Waals surface area contributed by atoms with Crippen LogP contribution in [0.4, 0.5) is 5.69 Å². The lowest BCUT2D eigenvalue weighted by atomic mass is 10.0. The van der Waals surface area contributed by atoms with Crippen molar-refractivity contribution in [3.63, 3.8) is 0 Å². The maximum atomic E-state index is 12.3. The molecule has 0 unspecified atom stereocenters. The minimum absolute atomic E-state index is 0. The Morgan fingerprint density at radius 3 is 2.62 bits per heavy atom. The molecule has 0 radical (unpaired) electrons. The van der Waals surface area contributed by atoms with Crippen molar-refractivity contribution < 1.29 is 13.2 Å². The molecule has 1 aromatic carbocycles. The molecule has 7 heteroatoms. The quantitative estimate of drug-likeness (QED) is 0.837. The normalized spacial score (nSPS) is 16.0. The third kappa shape index (κ3) is 5.37. The summed E-state index contributed by atoms with van der Waals surface area (Å²) in [6.07, 6.45) is 4.61. The van der Waals surface area contributed by atoms with Crippen LogP contribution in [0.5, 0.6) is 5.75 Å². The lowest BCUT2D eigenvalue weighted by molar-refractivity contribution is 0.328. The lowest BCUT2D eigenvalue weighted by Crippen LogP contribution is -2.29. The van der Waals surface area contributed by atoms with E-state index < -0.39 is 10.0 Å². The van der Waals surface area contributed by atoms with Gasteiger partial charge in [0.25, 0.3) is 0 Å². The number of hydrogen-bond donors (Lipinski definition) is 2. The molecule has 1 aliphatic carbocycles. The highest BCUT2D eigenvalue weighted by atomic mass is 35.5. The van der Waals surface area contributed by atoms with Gasteiger partial charge >= 0.3 is 0 Å². The van der Waals surface area contributed by atoms with Crippen LogP contribution >= 0.6 is 12.4 Å². The number of halogens is 1. The van der Waals surface area contributed by atoms with Crippen molar-refractivity contribution in [3.8, 4) is 5.75 Å². The fourth-order valence-electron chi connectivity index (χ4n) is 2.45. The van der Waals surface area contributed by atoms with Gasteiger partial charge in [0.05, 0.1) is 10.9 Å². The van der Waals surface area contributed by atoms with E-state index in [1.54, 1.807) is 24.3 Å². The van der Waals surface area contributed by atoms with E-state index in [4.69, 9.17) is 10.5 Å². The van der Waals surface area contributed by atoms with Crippen molar-refractivity contribution in [2.75, 3.05) is 17.9 Å². The summed E-state index contributed by atoms with van der Waals surface area (Å²) < 4.78 is 32.7. The summed E-state index contributed by atoms with van der Waals surface area (Å²) in [6.45, 7) is 0.844. The van der Waals surface area contributed by atoms with E-state index in [-0.39, 0.29) is 17.7 Å². The molecule has 2 rings (SSSR count). The van der Waals surface area contributed by atoms with Gasteiger partial charge in [-0.05, 0) is 25.0 Å². The van der Waals surface area contributed by atoms with Gasteiger partial charge in [-0.1, -0.05) is 25.3 Å². The lowest BCUT2D eigenvalue weighted by Gasteiger charge is -2.22. The van der Waals surface area contributed by atoms with Crippen molar-refractivity contribution in [1.29, 1.82) is 0 Å². The van der Waals surface area contributed by atoms with Gasteiger partial charge in [-0.15, -0.1) is 12.4 Å². The zero-order chi connectivity index (χ0) is 14.4. The highest BCUT2D eigenvalue weighted by Gasteiger charge is 2.27. The molecule has 0 heterocycles. The molecule has 120 valence electrons. The molecule has 21 heavy (non-hydrogen) atoms. The monoisotopic (exact) mass is 334 g/mol. The second kappa shape index (κ2) is 8.46. The molecule has 1 aliphatic rings. The fraction of sp³-hybridized carbons (Fsp3) is 0.571. The first kappa shape index (κ1) is 18.1. The molecule has 0 amide bonds. The van der Waals surface area contributed by atoms with Crippen molar-refractivity contribution in [3.05, 3.63) is 24.3 Å². The summed E-state index contributed by atoms with van der Waals surface area (Å²) in [5.74, 6) is 0.624. The zero-order valence-electron chi connectivity index (χ0n) is 12.0. The van der Waals surface area contributed by atoms with Gasteiger partial charge in [0.1, 0.15) is 12.4 Å². The van der Waals surface area contributed by atoms with Crippen molar-refractivity contribution in [1.82, 2.24) is 0 Å². The Hall–Kier alpha value is -0.980. The Morgan fingerprint density at radius 1 is 1.24 bits per heavy atom. The molecule has 0 spiro atoms. The molecule has 1 aromatic rings. The number of ether oxygens (including phenoxy) is 1. The molecule has 0 bridgehead atoms. The van der Waals surface area contributed by atoms with Gasteiger partial charge < -0.3 is 10.5 Å². The van der Waals surface area contributed by atoms with E-state index in [0.717, 1.165) is 32.1 Å². The zero-order valence-corrected chi connectivity index (χ0v) is 13.6. The summed E-state index contributed by atoms with van der Waals surface area (Å²) in [5.41, 5.74) is 5.92. The molecule has 0 aliphatic heterocycles. The molecule has 0 atom stereocenters. The van der Waals surface area contributed by atoms with Crippen LogP contribution in [0.1, 0.15) is 32.1 Å². The smallest absolute Gasteiger partial charge is 0.235 e. The maximum Gasteiger partial charge on any atom is 0.235 e. The van der Waals surface area contributed by atoms with Gasteiger partial charge in [-0.3, -0.25) is 4.72 Å². The summed E-state index contributed by atoms with van der Waals surface area (Å²) >= 11 is 0. The molecule has 5 nitrogen and oxygen atoms in total. The van der Waals surface area contributed by atoms with Gasteiger partial charge in [-0.2, -0.15) is 0 Å². The Bertz CT molecular complexity index is 531. The van der Waals surface area contributed by atoms with E-state index in [1.807, 2.05) is 0 Å². The number of rotatable bonds is 6. The van der Waals surface area contributed by atoms with Gasteiger partial charge in [0.15, 0.2) is 0 Å². The number of anilines is 1. The predicted octanol–water partition coefficient (Wildman–Crippen LogP) is 2.52. The molecule has 1 saturated carbocycles. The van der Waals surface area contributed by atoms with Crippen LogP contribution < -0.4 is 15.2 Å². The summed E-state index contributed by atoms with van der Waals surface area (Å²) in [7, 11) is -3.30. The van der Waals surface area contributed by atoms with Crippen LogP contribution in [0.15, 0.2) is 24.3 Å². The fourth-order valence-corrected chi connectivity index (χ4v) is 4.03. The molecule has 0 saturated heterocycles. The van der Waals surface area contributed by atoms with Crippen LogP contribution in [-0.4, -0.2) is 26.8 Å². The minimum atomic E-state index is -3.30. The van der Waals surface area contributed by atoms with E-state index in [9.17, 15) is 8.42 Å². The average Bonchev–Trinajstić information content (AvgIpc) is 2.46. The van der Waals surface area contributed by atoms with E-state index in [2.05, 4.69) is 4.72 Å². The van der Waals surface area contributed by atoms with Crippen LogP contribution in [-0.2, 0) is 10.0 Å². The summed E-state index contributed by atoms with van der Waals surface area (Å²) in [4.78, 5) is 0. The molecule has 3 N–H and O–H groups in total. The number of hydrogen-bond acceptors (Lipinski definition) is 4. The van der Waals surface area contributed by atoms with Crippen LogP contribution in [0.3, 0.4) is 0 Å². The first-order chi connectivity index (χ1) is 9.62. The maximum absolute atomic E-state index is 12.3. The van der Waals surface area contributed by atoms with E-state index in [0.29, 0.717) is 24.6 Å². The third-order valence-corrected chi connectivity index (χ3v) is 5.34. The van der Waals surface area contributed by atoms with Crippen LogP contribution in [0.2, 0.25) is 0 Å². The third-order valence-electron chi connectivity index (χ3n) is 3.47. The standard InChI is InChI=1S/C14H22N2O3S.ClH/c15-9-10-19-13-6-4-5-12(11-13)16-20(17,18)14-7-2-1-3-8-14;/h4-6,11,14,16H,1-3,7-10,15H2;1H. The van der Waals surface area contributed by atoms with Gasteiger partial charge in [0.2, 0.25) is 10.0 Å². The highest BCUT2D eigenvalue weighted by Crippen LogP contribution is 2.26. The molecule has 0 aromatic heterocycles. The molecule has 1 fully saturated rings. The summed E-state index contributed by atoms with van der Waals surface area (Å²) in [6, 6.07) is 6.98. The second-order valence-corrected chi connectivity index (χ2v) is 7.03.